The van der Waals surface area contributed by atoms with Crippen molar-refractivity contribution in [1.82, 2.24) is 10.6 Å². The van der Waals surface area contributed by atoms with Crippen LogP contribution in [0.5, 0.6) is 0 Å². The molecule has 4 N–H and O–H groups in total. The van der Waals surface area contributed by atoms with Crippen LogP contribution in [0.4, 0.5) is 10.5 Å². The normalized spacial score (nSPS) is 11.8. The largest absolute Gasteiger partial charge is 0.349 e. The maximum atomic E-state index is 12.0. The first-order chi connectivity index (χ1) is 11.7. The Morgan fingerprint density at radius 3 is 2.28 bits per heavy atom. The fourth-order valence-electron chi connectivity index (χ4n) is 2.42. The van der Waals surface area contributed by atoms with E-state index < -0.39 is 11.9 Å². The average Bonchev–Trinajstić information content (AvgIpc) is 2.48. The lowest BCUT2D eigenvalue weighted by atomic mass is 10.1. The number of urea groups is 1. The molecule has 4 amide bonds. The van der Waals surface area contributed by atoms with E-state index in [0.717, 1.165) is 16.0 Å². The quantitative estimate of drug-likeness (QED) is 0.574. The number of aryl methyl sites for hydroxylation is 2. The highest BCUT2D eigenvalue weighted by Crippen LogP contribution is 2.15. The molecule has 1 aromatic rings. The van der Waals surface area contributed by atoms with Gasteiger partial charge in [-0.2, -0.15) is 0 Å². The highest BCUT2D eigenvalue weighted by atomic mass is 16.2. The second kappa shape index (κ2) is 9.78. The number of amides is 4. The molecule has 1 rings (SSSR count). The number of likely N-dealkylation sites (N-methyl/N-ethyl adjacent to an activating group) is 1. The van der Waals surface area contributed by atoms with Gasteiger partial charge in [-0.3, -0.25) is 14.9 Å². The molecule has 0 radical (unpaired) electrons. The van der Waals surface area contributed by atoms with Gasteiger partial charge in [-0.1, -0.05) is 17.7 Å². The number of benzene rings is 1. The Morgan fingerprint density at radius 1 is 1.08 bits per heavy atom. The van der Waals surface area contributed by atoms with Crippen LogP contribution in [0.3, 0.4) is 0 Å². The number of hydrogen-bond donors (Lipinski definition) is 4. The number of carbonyl (C=O) groups is 3. The molecule has 0 fully saturated rings. The predicted molar refractivity (Wildman–Crippen MR) is 97.6 cm³/mol. The third-order valence-electron chi connectivity index (χ3n) is 3.65. The Kier molecular flexibility index (Phi) is 8.07. The maximum absolute atomic E-state index is 12.0. The second-order valence-electron chi connectivity index (χ2n) is 6.50. The van der Waals surface area contributed by atoms with Gasteiger partial charge in [0.2, 0.25) is 0 Å². The van der Waals surface area contributed by atoms with E-state index in [4.69, 9.17) is 0 Å². The molecule has 0 aliphatic rings. The number of carbonyl (C=O) groups excluding carboxylic acids is 3. The van der Waals surface area contributed by atoms with Gasteiger partial charge in [-0.05, 0) is 46.2 Å². The predicted octanol–water partition coefficient (Wildman–Crippen LogP) is 0.381. The van der Waals surface area contributed by atoms with Crippen molar-refractivity contribution in [2.45, 2.75) is 40.7 Å². The molecule has 138 valence electrons. The summed E-state index contributed by atoms with van der Waals surface area (Å²) in [7, 11) is 0. The summed E-state index contributed by atoms with van der Waals surface area (Å²) in [5, 5.41) is 7.77. The smallest absolute Gasteiger partial charge is 0.326 e. The van der Waals surface area contributed by atoms with Crippen molar-refractivity contribution in [2.75, 3.05) is 25.0 Å². The molecule has 0 heterocycles. The Balaban J connectivity index is 2.50. The lowest BCUT2D eigenvalue weighted by Gasteiger charge is -2.17. The van der Waals surface area contributed by atoms with Gasteiger partial charge in [0.05, 0.1) is 6.54 Å². The van der Waals surface area contributed by atoms with Crippen molar-refractivity contribution in [3.05, 3.63) is 29.3 Å². The molecule has 0 saturated heterocycles. The van der Waals surface area contributed by atoms with E-state index in [1.807, 2.05) is 46.8 Å². The lowest BCUT2D eigenvalue weighted by molar-refractivity contribution is -0.881. The summed E-state index contributed by atoms with van der Waals surface area (Å²) < 4.78 is 0. The van der Waals surface area contributed by atoms with E-state index in [1.54, 1.807) is 6.07 Å². The molecule has 0 saturated carbocycles. The van der Waals surface area contributed by atoms with Gasteiger partial charge in [0.25, 0.3) is 11.8 Å². The van der Waals surface area contributed by atoms with E-state index in [0.29, 0.717) is 12.2 Å². The van der Waals surface area contributed by atoms with Crippen LogP contribution in [0.1, 0.15) is 31.9 Å². The number of rotatable bonds is 7. The first-order valence-electron chi connectivity index (χ1n) is 8.52. The highest BCUT2D eigenvalue weighted by molar-refractivity contribution is 6.01. The topological polar surface area (TPSA) is 91.7 Å². The van der Waals surface area contributed by atoms with Crippen molar-refractivity contribution in [2.24, 2.45) is 0 Å². The lowest BCUT2D eigenvalue weighted by Crippen LogP contribution is -3.14. The molecular weight excluding hydrogens is 320 g/mol. The molecule has 0 spiro atoms. The molecule has 0 aliphatic carbocycles. The minimum atomic E-state index is -0.570. The van der Waals surface area contributed by atoms with Crippen molar-refractivity contribution in [1.29, 1.82) is 0 Å². The van der Waals surface area contributed by atoms with Crippen LogP contribution >= 0.6 is 0 Å². The highest BCUT2D eigenvalue weighted by Gasteiger charge is 2.18. The van der Waals surface area contributed by atoms with Crippen molar-refractivity contribution in [3.8, 4) is 0 Å². The third-order valence-corrected chi connectivity index (χ3v) is 3.65. The van der Waals surface area contributed by atoms with E-state index in [9.17, 15) is 14.4 Å². The number of hydrogen-bond acceptors (Lipinski definition) is 3. The molecule has 0 bridgehead atoms. The summed E-state index contributed by atoms with van der Waals surface area (Å²) >= 11 is 0. The van der Waals surface area contributed by atoms with E-state index in [2.05, 4.69) is 16.0 Å². The summed E-state index contributed by atoms with van der Waals surface area (Å²) in [6, 6.07) is 5.13. The van der Waals surface area contributed by atoms with E-state index in [-0.39, 0.29) is 25.0 Å². The maximum Gasteiger partial charge on any atom is 0.326 e. The zero-order valence-corrected chi connectivity index (χ0v) is 15.7. The molecule has 1 unspecified atom stereocenters. The minimum Gasteiger partial charge on any atom is -0.349 e. The number of anilines is 1. The van der Waals surface area contributed by atoms with Crippen LogP contribution < -0.4 is 20.9 Å². The number of imide groups is 1. The van der Waals surface area contributed by atoms with Gasteiger partial charge in [-0.25, -0.2) is 4.79 Å². The van der Waals surface area contributed by atoms with Gasteiger partial charge in [0.1, 0.15) is 0 Å². The Morgan fingerprint density at radius 2 is 1.72 bits per heavy atom. The monoisotopic (exact) mass is 349 g/mol. The first-order valence-corrected chi connectivity index (χ1v) is 8.52. The molecular formula is C18H29N4O3+. The van der Waals surface area contributed by atoms with Gasteiger partial charge < -0.3 is 15.5 Å². The van der Waals surface area contributed by atoms with Crippen LogP contribution in [0.25, 0.3) is 0 Å². The number of quaternary nitrogens is 1. The fraction of sp³-hybridized carbons (Fsp3) is 0.500. The van der Waals surface area contributed by atoms with Crippen LogP contribution in [0.15, 0.2) is 18.2 Å². The minimum absolute atomic E-state index is 0.0579. The van der Waals surface area contributed by atoms with Gasteiger partial charge in [0.15, 0.2) is 13.1 Å². The molecule has 1 atom stereocenters. The van der Waals surface area contributed by atoms with Gasteiger partial charge in [-0.15, -0.1) is 0 Å². The third kappa shape index (κ3) is 7.80. The zero-order chi connectivity index (χ0) is 19.0. The molecule has 1 aromatic carbocycles. The van der Waals surface area contributed by atoms with Gasteiger partial charge in [0, 0.05) is 11.7 Å². The molecule has 0 aliphatic heterocycles. The van der Waals surface area contributed by atoms with Crippen molar-refractivity contribution < 1.29 is 19.3 Å². The SMILES string of the molecule is CC[NH+](CC(=O)NC(=O)Nc1ccc(C)cc1C)CC(=O)NC(C)C. The van der Waals surface area contributed by atoms with Crippen molar-refractivity contribution in [3.63, 3.8) is 0 Å². The van der Waals surface area contributed by atoms with Gasteiger partial charge >= 0.3 is 6.03 Å². The number of nitrogens with one attached hydrogen (secondary N) is 4. The van der Waals surface area contributed by atoms with E-state index in [1.165, 1.54) is 0 Å². The summed E-state index contributed by atoms with van der Waals surface area (Å²) in [5.41, 5.74) is 2.68. The van der Waals surface area contributed by atoms with Crippen LogP contribution in [-0.2, 0) is 9.59 Å². The summed E-state index contributed by atoms with van der Waals surface area (Å²) in [5.74, 6) is -0.532. The van der Waals surface area contributed by atoms with Crippen LogP contribution in [0, 0.1) is 13.8 Å². The summed E-state index contributed by atoms with van der Waals surface area (Å²) in [6.07, 6.45) is 0. The first kappa shape index (κ1) is 20.6. The van der Waals surface area contributed by atoms with Crippen LogP contribution in [0.2, 0.25) is 0 Å². The molecule has 0 aromatic heterocycles. The fourth-order valence-corrected chi connectivity index (χ4v) is 2.42. The summed E-state index contributed by atoms with van der Waals surface area (Å²) in [6.45, 7) is 10.4. The second-order valence-corrected chi connectivity index (χ2v) is 6.50. The Bertz CT molecular complexity index is 629. The van der Waals surface area contributed by atoms with Crippen molar-refractivity contribution >= 4 is 23.5 Å². The van der Waals surface area contributed by atoms with Crippen LogP contribution in [-0.4, -0.2) is 43.5 Å². The average molecular weight is 349 g/mol. The molecule has 7 heteroatoms. The summed E-state index contributed by atoms with van der Waals surface area (Å²) in [4.78, 5) is 36.6. The van der Waals surface area contributed by atoms with E-state index >= 15 is 0 Å². The molecule has 25 heavy (non-hydrogen) atoms. The zero-order valence-electron chi connectivity index (χ0n) is 15.7. The Hall–Kier alpha value is -2.41. The standard InChI is InChI=1S/C18H28N4O3/c1-6-22(10-16(23)19-12(2)3)11-17(24)21-18(25)20-15-8-7-13(4)9-14(15)5/h7-9,12H,6,10-11H2,1-5H3,(H,19,23)(H2,20,21,24,25)/p+1. The Labute approximate surface area is 149 Å². The molecule has 7 nitrogen and oxygen atoms in total.